The Bertz CT molecular complexity index is 27.7. The normalized spacial score (nSPS) is 8.25. The smallest absolute Gasteiger partial charge is 0.330 e. The number of nitrogens with two attached hydrogens (primary N) is 1. The summed E-state index contributed by atoms with van der Waals surface area (Å²) < 4.78 is 0. The van der Waals surface area contributed by atoms with E-state index in [1.54, 1.807) is 0 Å². The van der Waals surface area contributed by atoms with Gasteiger partial charge in [-0.3, -0.25) is 0 Å². The van der Waals surface area contributed by atoms with Gasteiger partial charge in [0.1, 0.15) is 0 Å². The van der Waals surface area contributed by atoms with Crippen LogP contribution < -0.4 is 5.73 Å². The van der Waals surface area contributed by atoms with Gasteiger partial charge in [0.25, 0.3) is 0 Å². The van der Waals surface area contributed by atoms with Crippen LogP contribution in [0.3, 0.4) is 0 Å². The molecule has 0 bridgehead atoms. The molecule has 0 aliphatic heterocycles. The van der Waals surface area contributed by atoms with Crippen molar-refractivity contribution in [2.24, 2.45) is 5.73 Å². The fourth-order valence-electron chi connectivity index (χ4n) is 0.571. The van der Waals surface area contributed by atoms with Crippen molar-refractivity contribution in [2.75, 3.05) is 6.54 Å². The fourth-order valence-corrected chi connectivity index (χ4v) is 0.571. The molecule has 0 aromatic heterocycles. The van der Waals surface area contributed by atoms with Crippen LogP contribution in [0.5, 0.6) is 0 Å². The molecule has 2 N–H and O–H groups in total. The maximum atomic E-state index is 5.27. The summed E-state index contributed by atoms with van der Waals surface area (Å²) in [4.78, 5) is 0. The van der Waals surface area contributed by atoms with E-state index in [-0.39, 0.29) is 17.1 Å². The molecule has 0 aliphatic rings. The summed E-state index contributed by atoms with van der Waals surface area (Å²) in [6, 6.07) is 0. The Hall–Kier alpha value is 0.479. The van der Waals surface area contributed by atoms with E-state index in [1.807, 2.05) is 0 Å². The number of rotatable bonds is 4. The molecule has 0 amide bonds. The van der Waals surface area contributed by atoms with Crippen LogP contribution in [0.15, 0.2) is 0 Å². The molecule has 1 radical (unpaired) electrons. The van der Waals surface area contributed by atoms with Crippen molar-refractivity contribution in [3.05, 3.63) is 0 Å². The standard InChI is InChI=1S/C6H15N.Cu/c1-2-3-4-5-6-7;/h2-7H2,1H3;/q;+2. The predicted octanol–water partition coefficient (Wildman–Crippen LogP) is 1.52. The summed E-state index contributed by atoms with van der Waals surface area (Å²) in [5.41, 5.74) is 5.27. The van der Waals surface area contributed by atoms with Crippen molar-refractivity contribution < 1.29 is 17.1 Å². The van der Waals surface area contributed by atoms with Gasteiger partial charge in [-0.05, 0) is 13.0 Å². The summed E-state index contributed by atoms with van der Waals surface area (Å²) in [6.45, 7) is 3.07. The van der Waals surface area contributed by atoms with Crippen LogP contribution in [0.4, 0.5) is 0 Å². The average molecular weight is 165 g/mol. The Morgan fingerprint density at radius 3 is 2.12 bits per heavy atom. The minimum atomic E-state index is 0. The minimum absolute atomic E-state index is 0. The zero-order valence-corrected chi connectivity index (χ0v) is 6.36. The van der Waals surface area contributed by atoms with Gasteiger partial charge in [-0.1, -0.05) is 26.2 Å². The molecule has 0 spiro atoms. The molecule has 0 unspecified atom stereocenters. The van der Waals surface area contributed by atoms with Crippen molar-refractivity contribution in [1.29, 1.82) is 0 Å². The van der Waals surface area contributed by atoms with Crippen LogP contribution in [0.2, 0.25) is 0 Å². The SMILES string of the molecule is CCCCCCN.[Cu+2]. The Balaban J connectivity index is 0. The molecule has 0 rings (SSSR count). The van der Waals surface area contributed by atoms with Gasteiger partial charge in [-0.2, -0.15) is 0 Å². The van der Waals surface area contributed by atoms with E-state index in [4.69, 9.17) is 5.73 Å². The Morgan fingerprint density at radius 2 is 1.75 bits per heavy atom. The van der Waals surface area contributed by atoms with Gasteiger partial charge in [-0.25, -0.2) is 0 Å². The second kappa shape index (κ2) is 10.5. The Kier molecular flexibility index (Phi) is 14.8. The zero-order valence-electron chi connectivity index (χ0n) is 5.41. The van der Waals surface area contributed by atoms with Crippen molar-refractivity contribution in [2.45, 2.75) is 32.6 Å². The molecule has 0 aromatic carbocycles. The summed E-state index contributed by atoms with van der Waals surface area (Å²) in [5.74, 6) is 0. The topological polar surface area (TPSA) is 26.0 Å². The molecule has 53 valence electrons. The third kappa shape index (κ3) is 9.70. The van der Waals surface area contributed by atoms with Gasteiger partial charge in [0.2, 0.25) is 0 Å². The van der Waals surface area contributed by atoms with E-state index >= 15 is 0 Å². The van der Waals surface area contributed by atoms with E-state index in [2.05, 4.69) is 6.92 Å². The maximum Gasteiger partial charge on any atom is 2.00 e. The first-order valence-electron chi connectivity index (χ1n) is 3.12. The van der Waals surface area contributed by atoms with Gasteiger partial charge in [-0.15, -0.1) is 0 Å². The van der Waals surface area contributed by atoms with E-state index in [9.17, 15) is 0 Å². The van der Waals surface area contributed by atoms with Crippen molar-refractivity contribution in [3.8, 4) is 0 Å². The summed E-state index contributed by atoms with van der Waals surface area (Å²) >= 11 is 0. The van der Waals surface area contributed by atoms with Crippen LogP contribution in [0, 0.1) is 0 Å². The van der Waals surface area contributed by atoms with E-state index in [0.717, 1.165) is 6.54 Å². The van der Waals surface area contributed by atoms with E-state index in [1.165, 1.54) is 25.7 Å². The van der Waals surface area contributed by atoms with E-state index in [0.29, 0.717) is 0 Å². The predicted molar refractivity (Wildman–Crippen MR) is 33.2 cm³/mol. The first-order valence-corrected chi connectivity index (χ1v) is 3.12. The number of hydrogen-bond donors (Lipinski definition) is 1. The quantitative estimate of drug-likeness (QED) is 0.495. The fraction of sp³-hybridized carbons (Fsp3) is 1.00. The van der Waals surface area contributed by atoms with Gasteiger partial charge >= 0.3 is 17.1 Å². The zero-order chi connectivity index (χ0) is 5.54. The molecule has 0 atom stereocenters. The van der Waals surface area contributed by atoms with Crippen LogP contribution >= 0.6 is 0 Å². The van der Waals surface area contributed by atoms with Crippen LogP contribution in [0.25, 0.3) is 0 Å². The minimum Gasteiger partial charge on any atom is -0.330 e. The van der Waals surface area contributed by atoms with Crippen LogP contribution in [0.1, 0.15) is 32.6 Å². The first-order chi connectivity index (χ1) is 3.41. The molecule has 2 heteroatoms. The molecule has 0 fully saturated rings. The first kappa shape index (κ1) is 11.3. The van der Waals surface area contributed by atoms with Gasteiger partial charge in [0.05, 0.1) is 0 Å². The largest absolute Gasteiger partial charge is 2.00 e. The molecular formula is C6H15CuN+2. The second-order valence-corrected chi connectivity index (χ2v) is 1.85. The average Bonchev–Trinajstić information content (AvgIpc) is 1.69. The van der Waals surface area contributed by atoms with Crippen molar-refractivity contribution in [1.82, 2.24) is 0 Å². The van der Waals surface area contributed by atoms with Gasteiger partial charge < -0.3 is 5.73 Å². The third-order valence-electron chi connectivity index (χ3n) is 1.06. The molecule has 0 aromatic rings. The molecule has 8 heavy (non-hydrogen) atoms. The van der Waals surface area contributed by atoms with E-state index < -0.39 is 0 Å². The molecular weight excluding hydrogens is 150 g/mol. The maximum absolute atomic E-state index is 5.27. The monoisotopic (exact) mass is 164 g/mol. The summed E-state index contributed by atoms with van der Waals surface area (Å²) in [5, 5.41) is 0. The van der Waals surface area contributed by atoms with Gasteiger partial charge in [0.15, 0.2) is 0 Å². The molecule has 0 saturated carbocycles. The molecule has 1 nitrogen and oxygen atoms in total. The second-order valence-electron chi connectivity index (χ2n) is 1.85. The number of hydrogen-bond acceptors (Lipinski definition) is 1. The molecule has 0 heterocycles. The Labute approximate surface area is 62.5 Å². The van der Waals surface area contributed by atoms with Crippen LogP contribution in [-0.2, 0) is 17.1 Å². The summed E-state index contributed by atoms with van der Waals surface area (Å²) in [6.07, 6.45) is 5.16. The van der Waals surface area contributed by atoms with Crippen LogP contribution in [-0.4, -0.2) is 6.54 Å². The third-order valence-corrected chi connectivity index (χ3v) is 1.06. The molecule has 0 aliphatic carbocycles. The van der Waals surface area contributed by atoms with Crippen molar-refractivity contribution in [3.63, 3.8) is 0 Å². The molecule has 0 saturated heterocycles. The number of unbranched alkanes of at least 4 members (excludes halogenated alkanes) is 3. The van der Waals surface area contributed by atoms with Crippen molar-refractivity contribution >= 4 is 0 Å². The Morgan fingerprint density at radius 1 is 1.12 bits per heavy atom. The summed E-state index contributed by atoms with van der Waals surface area (Å²) in [7, 11) is 0. The van der Waals surface area contributed by atoms with Gasteiger partial charge in [0, 0.05) is 0 Å².